The van der Waals surface area contributed by atoms with E-state index in [-0.39, 0.29) is 23.2 Å². The van der Waals surface area contributed by atoms with Crippen molar-refractivity contribution in [2.24, 2.45) is 0 Å². The first-order valence-electron chi connectivity index (χ1n) is 9.00. The van der Waals surface area contributed by atoms with E-state index in [0.717, 1.165) is 24.3 Å². The molecule has 1 aliphatic heterocycles. The molecular formula is C21H15F3N4O2. The Morgan fingerprint density at radius 1 is 1.27 bits per heavy atom. The molecule has 3 aromatic rings. The Morgan fingerprint density at radius 2 is 2.07 bits per heavy atom. The van der Waals surface area contributed by atoms with Gasteiger partial charge in [0.15, 0.2) is 0 Å². The number of carbonyl (C=O) groups is 1. The van der Waals surface area contributed by atoms with Gasteiger partial charge in [-0.15, -0.1) is 0 Å². The molecule has 6 nitrogen and oxygen atoms in total. The first kappa shape index (κ1) is 19.7. The van der Waals surface area contributed by atoms with E-state index in [2.05, 4.69) is 10.3 Å². The van der Waals surface area contributed by atoms with Gasteiger partial charge in [0.05, 0.1) is 48.0 Å². The van der Waals surface area contributed by atoms with E-state index >= 15 is 0 Å². The lowest BCUT2D eigenvalue weighted by molar-refractivity contribution is -0.121. The number of nitriles is 1. The monoisotopic (exact) mass is 412 g/mol. The maximum Gasteiger partial charge on any atom is 0.227 e. The van der Waals surface area contributed by atoms with Crippen LogP contribution in [0.1, 0.15) is 35.7 Å². The fourth-order valence-corrected chi connectivity index (χ4v) is 3.78. The molecule has 2 aromatic carbocycles. The number of nitrogens with one attached hydrogen (secondary N) is 1. The molecule has 2 atom stereocenters. The van der Waals surface area contributed by atoms with Crippen LogP contribution in [-0.4, -0.2) is 20.6 Å². The van der Waals surface area contributed by atoms with Gasteiger partial charge in [0.1, 0.15) is 23.1 Å². The Balaban J connectivity index is 1.60. The van der Waals surface area contributed by atoms with Crippen LogP contribution < -0.4 is 5.32 Å². The quantitative estimate of drug-likeness (QED) is 0.687. The summed E-state index contributed by atoms with van der Waals surface area (Å²) in [5.41, 5.74) is -1.35. The molecule has 0 aliphatic carbocycles. The minimum Gasteiger partial charge on any atom is -0.383 e. The number of benzene rings is 2. The lowest BCUT2D eigenvalue weighted by Gasteiger charge is -2.22. The number of hydrogen-bond acceptors (Lipinski definition) is 4. The van der Waals surface area contributed by atoms with Gasteiger partial charge < -0.3 is 15.0 Å². The van der Waals surface area contributed by atoms with Crippen LogP contribution in [0.25, 0.3) is 0 Å². The second-order valence-corrected chi connectivity index (χ2v) is 7.13. The molecule has 30 heavy (non-hydrogen) atoms. The van der Waals surface area contributed by atoms with E-state index in [1.807, 2.05) is 6.07 Å². The van der Waals surface area contributed by atoms with Crippen LogP contribution in [0, 0.1) is 28.8 Å². The lowest BCUT2D eigenvalue weighted by Crippen LogP contribution is -2.30. The first-order chi connectivity index (χ1) is 14.3. The molecule has 2 N–H and O–H groups in total. The van der Waals surface area contributed by atoms with E-state index < -0.39 is 41.4 Å². The third-order valence-electron chi connectivity index (χ3n) is 5.15. The van der Waals surface area contributed by atoms with Gasteiger partial charge in [0.25, 0.3) is 0 Å². The van der Waals surface area contributed by atoms with Crippen molar-refractivity contribution in [1.82, 2.24) is 9.55 Å². The zero-order chi connectivity index (χ0) is 21.5. The van der Waals surface area contributed by atoms with E-state index in [4.69, 9.17) is 5.26 Å². The number of carbonyl (C=O) groups excluding carboxylic acids is 1. The van der Waals surface area contributed by atoms with Gasteiger partial charge in [0, 0.05) is 18.1 Å². The number of nitrogens with zero attached hydrogens (tertiary/aromatic N) is 3. The van der Waals surface area contributed by atoms with Crippen LogP contribution in [-0.2, 0) is 10.4 Å². The zero-order valence-corrected chi connectivity index (χ0v) is 15.4. The van der Waals surface area contributed by atoms with Crippen molar-refractivity contribution >= 4 is 11.6 Å². The minimum atomic E-state index is -1.70. The summed E-state index contributed by atoms with van der Waals surface area (Å²) >= 11 is 0. The van der Waals surface area contributed by atoms with Crippen molar-refractivity contribution in [3.63, 3.8) is 0 Å². The average molecular weight is 412 g/mol. The second kappa shape index (κ2) is 7.31. The average Bonchev–Trinajstić information content (AvgIpc) is 3.28. The van der Waals surface area contributed by atoms with Crippen molar-refractivity contribution < 1.29 is 23.1 Å². The molecule has 0 saturated heterocycles. The summed E-state index contributed by atoms with van der Waals surface area (Å²) in [6.45, 7) is 0. The Morgan fingerprint density at radius 3 is 2.80 bits per heavy atom. The van der Waals surface area contributed by atoms with Crippen molar-refractivity contribution in [2.45, 2.75) is 24.5 Å². The molecule has 0 bridgehead atoms. The molecular weight excluding hydrogens is 397 g/mol. The maximum absolute atomic E-state index is 14.6. The van der Waals surface area contributed by atoms with Crippen LogP contribution in [0.15, 0.2) is 48.9 Å². The van der Waals surface area contributed by atoms with Gasteiger partial charge in [-0.3, -0.25) is 4.79 Å². The molecule has 0 radical (unpaired) electrons. The number of hydrogen-bond donors (Lipinski definition) is 2. The summed E-state index contributed by atoms with van der Waals surface area (Å²) in [6.07, 6.45) is 2.28. The topological polar surface area (TPSA) is 90.9 Å². The highest BCUT2D eigenvalue weighted by Gasteiger charge is 2.45. The van der Waals surface area contributed by atoms with Crippen LogP contribution in [0.4, 0.5) is 18.9 Å². The van der Waals surface area contributed by atoms with Crippen molar-refractivity contribution in [3.05, 3.63) is 83.2 Å². The van der Waals surface area contributed by atoms with Crippen LogP contribution in [0.2, 0.25) is 0 Å². The van der Waals surface area contributed by atoms with E-state index in [1.165, 1.54) is 24.7 Å². The van der Waals surface area contributed by atoms with Gasteiger partial charge in [-0.05, 0) is 24.3 Å². The fourth-order valence-electron chi connectivity index (χ4n) is 3.78. The van der Waals surface area contributed by atoms with Gasteiger partial charge in [0.2, 0.25) is 5.91 Å². The van der Waals surface area contributed by atoms with Gasteiger partial charge in [-0.1, -0.05) is 6.07 Å². The van der Waals surface area contributed by atoms with E-state index in [1.54, 1.807) is 4.57 Å². The Bertz CT molecular complexity index is 1190. The Labute approximate surface area is 169 Å². The largest absolute Gasteiger partial charge is 0.383 e. The smallest absolute Gasteiger partial charge is 0.227 e. The predicted octanol–water partition coefficient (Wildman–Crippen LogP) is 3.38. The summed E-state index contributed by atoms with van der Waals surface area (Å²) in [5.74, 6) is -2.89. The van der Waals surface area contributed by atoms with Crippen molar-refractivity contribution in [2.75, 3.05) is 5.32 Å². The number of rotatable bonds is 4. The molecule has 0 saturated carbocycles. The number of anilines is 1. The Kier molecular flexibility index (Phi) is 4.79. The molecule has 0 fully saturated rings. The number of aliphatic hydroxyl groups is 1. The highest BCUT2D eigenvalue weighted by atomic mass is 19.1. The van der Waals surface area contributed by atoms with Gasteiger partial charge in [-0.2, -0.15) is 5.26 Å². The first-order valence-corrected chi connectivity index (χ1v) is 9.00. The molecule has 4 rings (SSSR count). The number of halogens is 3. The molecule has 2 heterocycles. The third-order valence-corrected chi connectivity index (χ3v) is 5.15. The van der Waals surface area contributed by atoms with Crippen molar-refractivity contribution in [1.29, 1.82) is 5.26 Å². The number of imidazole rings is 1. The Hall–Kier alpha value is -3.64. The van der Waals surface area contributed by atoms with E-state index in [9.17, 15) is 23.1 Å². The summed E-state index contributed by atoms with van der Waals surface area (Å²) in [6, 6.07) is 7.86. The molecule has 9 heteroatoms. The van der Waals surface area contributed by atoms with Crippen molar-refractivity contribution in [3.8, 4) is 6.07 Å². The lowest BCUT2D eigenvalue weighted by atomic mass is 9.89. The summed E-state index contributed by atoms with van der Waals surface area (Å²) < 4.78 is 43.2. The highest BCUT2D eigenvalue weighted by Crippen LogP contribution is 2.45. The molecule has 1 amide bonds. The number of amides is 1. The zero-order valence-electron chi connectivity index (χ0n) is 15.4. The van der Waals surface area contributed by atoms with Crippen LogP contribution in [0.5, 0.6) is 0 Å². The fraction of sp³-hybridized carbons (Fsp3) is 0.190. The van der Waals surface area contributed by atoms with Crippen LogP contribution in [0.3, 0.4) is 0 Å². The molecule has 152 valence electrons. The van der Waals surface area contributed by atoms with E-state index in [0.29, 0.717) is 5.69 Å². The summed E-state index contributed by atoms with van der Waals surface area (Å²) in [7, 11) is 0. The molecule has 1 aromatic heterocycles. The summed E-state index contributed by atoms with van der Waals surface area (Å²) in [4.78, 5) is 16.4. The number of fused-ring (bicyclic) bond motifs is 1. The van der Waals surface area contributed by atoms with Crippen LogP contribution >= 0.6 is 0 Å². The predicted molar refractivity (Wildman–Crippen MR) is 99.6 cm³/mol. The molecule has 1 aliphatic rings. The minimum absolute atomic E-state index is 0.0350. The third kappa shape index (κ3) is 3.42. The maximum atomic E-state index is 14.6. The normalized spacial score (nSPS) is 19.9. The number of aromatic nitrogens is 2. The highest BCUT2D eigenvalue weighted by molar-refractivity contribution is 5.91. The second-order valence-electron chi connectivity index (χ2n) is 7.13. The molecule has 0 spiro atoms. The standard InChI is InChI=1S/C21H15F3N4O2/c22-13-2-4-15(23)17(6-13)27-20(29)8-21(30)7-18(28-11-26-10-19(21)28)14-3-1-12(9-25)5-16(14)24/h1-6,10-11,18,30H,7-8H2,(H,27,29)/t18-,21+/m1/s1. The van der Waals surface area contributed by atoms with Gasteiger partial charge >= 0.3 is 0 Å². The van der Waals surface area contributed by atoms with Gasteiger partial charge in [-0.25, -0.2) is 18.2 Å². The SMILES string of the molecule is N#Cc1ccc([C@H]2C[C@](O)(CC(=O)Nc3cc(F)ccc3F)c3cncn32)c(F)c1. The molecule has 0 unspecified atom stereocenters. The summed E-state index contributed by atoms with van der Waals surface area (Å²) in [5, 5.41) is 22.3.